The summed E-state index contributed by atoms with van der Waals surface area (Å²) >= 11 is 1.38. The highest BCUT2D eigenvalue weighted by Gasteiger charge is 2.18. The van der Waals surface area contributed by atoms with Crippen LogP contribution in [-0.2, 0) is 16.1 Å². The van der Waals surface area contributed by atoms with E-state index in [2.05, 4.69) is 15.5 Å². The number of hydrogen-bond donors (Lipinski definition) is 1. The van der Waals surface area contributed by atoms with Gasteiger partial charge in [-0.25, -0.2) is 0 Å². The lowest BCUT2D eigenvalue weighted by atomic mass is 10.2. The molecule has 1 N–H and O–H groups in total. The Labute approximate surface area is 138 Å². The normalized spacial score (nSPS) is 17.5. The number of carbonyl (C=O) groups excluding carboxylic acids is 1. The quantitative estimate of drug-likeness (QED) is 0.778. The fourth-order valence-electron chi connectivity index (χ4n) is 2.48. The molecule has 8 heteroatoms. The van der Waals surface area contributed by atoms with Crippen molar-refractivity contribution in [2.45, 2.75) is 37.6 Å². The smallest absolute Gasteiger partial charge is 0.230 e. The number of rotatable bonds is 7. The minimum Gasteiger partial charge on any atom is -0.461 e. The highest BCUT2D eigenvalue weighted by Crippen LogP contribution is 2.24. The van der Waals surface area contributed by atoms with E-state index in [-0.39, 0.29) is 12.0 Å². The van der Waals surface area contributed by atoms with E-state index >= 15 is 0 Å². The van der Waals surface area contributed by atoms with E-state index in [0.717, 1.165) is 19.4 Å². The molecule has 3 rings (SSSR count). The van der Waals surface area contributed by atoms with Crippen molar-refractivity contribution in [2.24, 2.45) is 0 Å². The van der Waals surface area contributed by atoms with E-state index < -0.39 is 0 Å². The van der Waals surface area contributed by atoms with Crippen LogP contribution < -0.4 is 5.32 Å². The molecule has 0 aromatic carbocycles. The van der Waals surface area contributed by atoms with Crippen molar-refractivity contribution in [3.05, 3.63) is 18.4 Å². The third-order valence-corrected chi connectivity index (χ3v) is 4.62. The van der Waals surface area contributed by atoms with Crippen LogP contribution in [-0.4, -0.2) is 45.7 Å². The topological polar surface area (TPSA) is 82.2 Å². The molecule has 2 aromatic rings. The number of carbonyl (C=O) groups is 1. The van der Waals surface area contributed by atoms with Gasteiger partial charge in [0.1, 0.15) is 0 Å². The van der Waals surface area contributed by atoms with E-state index in [4.69, 9.17) is 9.15 Å². The van der Waals surface area contributed by atoms with E-state index in [1.54, 1.807) is 6.26 Å². The van der Waals surface area contributed by atoms with Gasteiger partial charge >= 0.3 is 0 Å². The fraction of sp³-hybridized carbons (Fsp3) is 0.533. The average molecular weight is 336 g/mol. The van der Waals surface area contributed by atoms with Crippen LogP contribution in [0, 0.1) is 0 Å². The number of aromatic nitrogens is 3. The van der Waals surface area contributed by atoms with Crippen molar-refractivity contribution in [1.82, 2.24) is 20.1 Å². The van der Waals surface area contributed by atoms with Crippen molar-refractivity contribution < 1.29 is 13.9 Å². The van der Waals surface area contributed by atoms with Gasteiger partial charge in [-0.05, 0) is 31.9 Å². The second kappa shape index (κ2) is 7.65. The number of furan rings is 1. The lowest BCUT2D eigenvalue weighted by Crippen LogP contribution is -2.32. The molecule has 0 aliphatic carbocycles. The molecule has 3 heterocycles. The molecule has 2 aromatic heterocycles. The molecule has 0 spiro atoms. The molecule has 1 fully saturated rings. The van der Waals surface area contributed by atoms with Crippen molar-refractivity contribution in [1.29, 1.82) is 0 Å². The maximum atomic E-state index is 11.9. The average Bonchev–Trinajstić information content (AvgIpc) is 3.31. The summed E-state index contributed by atoms with van der Waals surface area (Å²) in [6, 6.07) is 3.66. The molecule has 1 saturated heterocycles. The van der Waals surface area contributed by atoms with Crippen molar-refractivity contribution in [2.75, 3.05) is 18.9 Å². The van der Waals surface area contributed by atoms with Crippen LogP contribution in [0.3, 0.4) is 0 Å². The third kappa shape index (κ3) is 3.94. The highest BCUT2D eigenvalue weighted by molar-refractivity contribution is 7.99. The minimum absolute atomic E-state index is 0.0179. The molecule has 1 amide bonds. The van der Waals surface area contributed by atoms with Gasteiger partial charge in [0.05, 0.1) is 18.1 Å². The van der Waals surface area contributed by atoms with Crippen LogP contribution in [0.2, 0.25) is 0 Å². The lowest BCUT2D eigenvalue weighted by molar-refractivity contribution is -0.119. The van der Waals surface area contributed by atoms with Crippen LogP contribution in [0.5, 0.6) is 0 Å². The molecule has 124 valence electrons. The summed E-state index contributed by atoms with van der Waals surface area (Å²) in [4.78, 5) is 11.9. The number of nitrogens with one attached hydrogen (secondary N) is 1. The Balaban J connectivity index is 1.54. The molecule has 23 heavy (non-hydrogen) atoms. The van der Waals surface area contributed by atoms with Crippen LogP contribution in [0.4, 0.5) is 0 Å². The highest BCUT2D eigenvalue weighted by atomic mass is 32.2. The van der Waals surface area contributed by atoms with Crippen molar-refractivity contribution in [3.63, 3.8) is 0 Å². The fourth-order valence-corrected chi connectivity index (χ4v) is 3.31. The maximum Gasteiger partial charge on any atom is 0.230 e. The minimum atomic E-state index is -0.0179. The maximum absolute atomic E-state index is 11.9. The molecule has 1 atom stereocenters. The Bertz CT molecular complexity index is 635. The van der Waals surface area contributed by atoms with E-state index in [1.807, 2.05) is 23.6 Å². The predicted octanol–water partition coefficient (Wildman–Crippen LogP) is 1.95. The van der Waals surface area contributed by atoms with Gasteiger partial charge in [-0.2, -0.15) is 0 Å². The molecule has 0 saturated carbocycles. The first-order valence-corrected chi connectivity index (χ1v) is 8.74. The first-order chi connectivity index (χ1) is 11.3. The van der Waals surface area contributed by atoms with Gasteiger partial charge in [0.25, 0.3) is 0 Å². The molecule has 1 aliphatic rings. The zero-order chi connectivity index (χ0) is 16.1. The summed E-state index contributed by atoms with van der Waals surface area (Å²) in [6.45, 7) is 4.10. The lowest BCUT2D eigenvalue weighted by Gasteiger charge is -2.10. The van der Waals surface area contributed by atoms with Gasteiger partial charge in [-0.15, -0.1) is 10.2 Å². The molecular weight excluding hydrogens is 316 g/mol. The Morgan fingerprint density at radius 2 is 2.43 bits per heavy atom. The van der Waals surface area contributed by atoms with E-state index in [1.165, 1.54) is 11.8 Å². The molecule has 1 aliphatic heterocycles. The molecule has 0 radical (unpaired) electrons. The Hall–Kier alpha value is -1.80. The summed E-state index contributed by atoms with van der Waals surface area (Å²) in [6.07, 6.45) is 3.86. The summed E-state index contributed by atoms with van der Waals surface area (Å²) in [5.74, 6) is 1.65. The first kappa shape index (κ1) is 16.1. The number of hydrogen-bond acceptors (Lipinski definition) is 6. The predicted molar refractivity (Wildman–Crippen MR) is 86.1 cm³/mol. The van der Waals surface area contributed by atoms with E-state index in [9.17, 15) is 4.79 Å². The number of thioether (sulfide) groups is 1. The van der Waals surface area contributed by atoms with Gasteiger partial charge in [-0.1, -0.05) is 11.8 Å². The van der Waals surface area contributed by atoms with E-state index in [0.29, 0.717) is 35.6 Å². The van der Waals surface area contributed by atoms with Gasteiger partial charge < -0.3 is 14.5 Å². The SMILES string of the molecule is CCn1c(SCC(=O)NC[C@H]2CCCO2)nnc1-c1ccco1. The Kier molecular flexibility index (Phi) is 5.35. The number of ether oxygens (including phenoxy) is 1. The van der Waals surface area contributed by atoms with Crippen LogP contribution in [0.1, 0.15) is 19.8 Å². The molecular formula is C15H20N4O3S. The van der Waals surface area contributed by atoms with Gasteiger partial charge in [0.2, 0.25) is 5.91 Å². The number of nitrogens with zero attached hydrogens (tertiary/aromatic N) is 3. The van der Waals surface area contributed by atoms with Crippen LogP contribution in [0.25, 0.3) is 11.6 Å². The van der Waals surface area contributed by atoms with Gasteiger partial charge in [0.15, 0.2) is 16.7 Å². The van der Waals surface area contributed by atoms with Gasteiger partial charge in [-0.3, -0.25) is 9.36 Å². The van der Waals surface area contributed by atoms with Crippen LogP contribution >= 0.6 is 11.8 Å². The third-order valence-electron chi connectivity index (χ3n) is 3.66. The zero-order valence-electron chi connectivity index (χ0n) is 13.0. The van der Waals surface area contributed by atoms with Crippen molar-refractivity contribution >= 4 is 17.7 Å². The second-order valence-electron chi connectivity index (χ2n) is 5.26. The summed E-state index contributed by atoms with van der Waals surface area (Å²) in [7, 11) is 0. The number of amides is 1. The zero-order valence-corrected chi connectivity index (χ0v) is 13.8. The summed E-state index contributed by atoms with van der Waals surface area (Å²) in [5.41, 5.74) is 0. The summed E-state index contributed by atoms with van der Waals surface area (Å²) < 4.78 is 12.8. The van der Waals surface area contributed by atoms with Crippen LogP contribution in [0.15, 0.2) is 28.0 Å². The van der Waals surface area contributed by atoms with Crippen molar-refractivity contribution in [3.8, 4) is 11.6 Å². The monoisotopic (exact) mass is 336 g/mol. The summed E-state index contributed by atoms with van der Waals surface area (Å²) in [5, 5.41) is 11.9. The molecule has 0 unspecified atom stereocenters. The Morgan fingerprint density at radius 1 is 1.52 bits per heavy atom. The Morgan fingerprint density at radius 3 is 3.13 bits per heavy atom. The molecule has 0 bridgehead atoms. The van der Waals surface area contributed by atoms with Gasteiger partial charge in [0, 0.05) is 19.7 Å². The standard InChI is InChI=1S/C15H20N4O3S/c1-2-19-14(12-6-4-8-22-12)17-18-15(19)23-10-13(20)16-9-11-5-3-7-21-11/h4,6,8,11H,2-3,5,7,9-10H2,1H3,(H,16,20)/t11-/m1/s1. The largest absolute Gasteiger partial charge is 0.461 e. The first-order valence-electron chi connectivity index (χ1n) is 7.76. The molecule has 7 nitrogen and oxygen atoms in total. The second-order valence-corrected chi connectivity index (χ2v) is 6.20.